The molecule has 0 saturated carbocycles. The first kappa shape index (κ1) is 36.3. The molecule has 0 N–H and O–H groups in total. The van der Waals surface area contributed by atoms with Gasteiger partial charge in [0.15, 0.2) is 5.69 Å². The average Bonchev–Trinajstić information content (AvgIpc) is 3.65. The third-order valence-electron chi connectivity index (χ3n) is 11.4. The average molecular weight is 761 g/mol. The van der Waals surface area contributed by atoms with E-state index in [4.69, 9.17) is 14.6 Å². The van der Waals surface area contributed by atoms with Crippen LogP contribution in [0.2, 0.25) is 0 Å². The van der Waals surface area contributed by atoms with E-state index in [1.165, 1.54) is 5.56 Å². The minimum absolute atomic E-state index is 0.0854. The highest BCUT2D eigenvalue weighted by molar-refractivity contribution is 6.12. The van der Waals surface area contributed by atoms with Crippen LogP contribution in [0.15, 0.2) is 121 Å². The SMILES string of the molecule is CN(C(=O)c1nn(-c2cc3c(cc2C(=O)N2Cc4ccccc4C[C@H]2CN2CCOCC2)CN(C(=O)Oc2ccccc2)CC3)c2ccccc12)c1ccccc1. The Morgan fingerprint density at radius 2 is 1.47 bits per heavy atom. The maximum Gasteiger partial charge on any atom is 0.415 e. The predicted octanol–water partition coefficient (Wildman–Crippen LogP) is 6.76. The van der Waals surface area contributed by atoms with Gasteiger partial charge in [0.05, 0.1) is 30.0 Å². The van der Waals surface area contributed by atoms with Gasteiger partial charge in [-0.1, -0.05) is 78.9 Å². The molecule has 4 heterocycles. The van der Waals surface area contributed by atoms with Crippen LogP contribution in [0, 0.1) is 0 Å². The molecular formula is C46H44N6O5. The first-order chi connectivity index (χ1) is 27.9. The van der Waals surface area contributed by atoms with Crippen LogP contribution in [0.3, 0.4) is 0 Å². The Bertz CT molecular complexity index is 2440. The van der Waals surface area contributed by atoms with Gasteiger partial charge in [-0.2, -0.15) is 5.10 Å². The summed E-state index contributed by atoms with van der Waals surface area (Å²) in [6, 6.07) is 38.5. The minimum atomic E-state index is -0.439. The van der Waals surface area contributed by atoms with Crippen molar-refractivity contribution < 1.29 is 23.9 Å². The zero-order valence-corrected chi connectivity index (χ0v) is 31.9. The molecule has 11 heteroatoms. The minimum Gasteiger partial charge on any atom is -0.410 e. The molecule has 6 aromatic rings. The number of hydrogen-bond acceptors (Lipinski definition) is 7. The molecule has 0 spiro atoms. The van der Waals surface area contributed by atoms with Gasteiger partial charge < -0.3 is 24.2 Å². The number of fused-ring (bicyclic) bond motifs is 3. The number of rotatable bonds is 7. The normalized spacial score (nSPS) is 16.8. The maximum absolute atomic E-state index is 15.4. The van der Waals surface area contributed by atoms with Crippen molar-refractivity contribution in [2.24, 2.45) is 0 Å². The summed E-state index contributed by atoms with van der Waals surface area (Å²) in [6.45, 7) is 4.87. The van der Waals surface area contributed by atoms with Crippen molar-refractivity contribution in [1.29, 1.82) is 0 Å². The number of para-hydroxylation sites is 3. The Morgan fingerprint density at radius 3 is 2.26 bits per heavy atom. The molecule has 0 unspecified atom stereocenters. The Hall–Kier alpha value is -6.30. The number of anilines is 1. The lowest BCUT2D eigenvalue weighted by molar-refractivity contribution is 0.0192. The van der Waals surface area contributed by atoms with E-state index >= 15 is 4.79 Å². The van der Waals surface area contributed by atoms with Crippen molar-refractivity contribution in [2.45, 2.75) is 32.0 Å². The molecule has 9 rings (SSSR count). The van der Waals surface area contributed by atoms with Crippen molar-refractivity contribution in [2.75, 3.05) is 51.3 Å². The van der Waals surface area contributed by atoms with Crippen molar-refractivity contribution >= 4 is 34.5 Å². The summed E-state index contributed by atoms with van der Waals surface area (Å²) < 4.78 is 13.2. The zero-order chi connectivity index (χ0) is 38.9. The van der Waals surface area contributed by atoms with Crippen LogP contribution in [0.25, 0.3) is 16.6 Å². The van der Waals surface area contributed by atoms with Gasteiger partial charge in [0, 0.05) is 63.4 Å². The fourth-order valence-corrected chi connectivity index (χ4v) is 8.31. The summed E-state index contributed by atoms with van der Waals surface area (Å²) in [7, 11) is 1.75. The van der Waals surface area contributed by atoms with Crippen molar-refractivity contribution in [3.63, 3.8) is 0 Å². The van der Waals surface area contributed by atoms with E-state index in [9.17, 15) is 9.59 Å². The van der Waals surface area contributed by atoms with Crippen LogP contribution in [0.1, 0.15) is 43.1 Å². The van der Waals surface area contributed by atoms with Crippen LogP contribution in [0.4, 0.5) is 10.5 Å². The second-order valence-corrected chi connectivity index (χ2v) is 14.9. The number of carbonyl (C=O) groups excluding carboxylic acids is 3. The molecule has 11 nitrogen and oxygen atoms in total. The highest BCUT2D eigenvalue weighted by Crippen LogP contribution is 2.33. The lowest BCUT2D eigenvalue weighted by Gasteiger charge is -2.41. The largest absolute Gasteiger partial charge is 0.415 e. The van der Waals surface area contributed by atoms with Crippen LogP contribution in [-0.2, 0) is 30.7 Å². The molecule has 288 valence electrons. The molecule has 0 radical (unpaired) electrons. The molecule has 1 fully saturated rings. The molecule has 1 saturated heterocycles. The molecular weight excluding hydrogens is 717 g/mol. The second kappa shape index (κ2) is 15.7. The Labute approximate surface area is 331 Å². The van der Waals surface area contributed by atoms with Crippen LogP contribution < -0.4 is 9.64 Å². The van der Waals surface area contributed by atoms with Crippen LogP contribution in [-0.4, -0.2) is 94.9 Å². The lowest BCUT2D eigenvalue weighted by Crippen LogP contribution is -2.52. The van der Waals surface area contributed by atoms with E-state index in [1.54, 1.807) is 33.7 Å². The summed E-state index contributed by atoms with van der Waals surface area (Å²) in [4.78, 5) is 50.7. The second-order valence-electron chi connectivity index (χ2n) is 14.9. The van der Waals surface area contributed by atoms with Crippen molar-refractivity contribution in [3.05, 3.63) is 155 Å². The monoisotopic (exact) mass is 760 g/mol. The van der Waals surface area contributed by atoms with Crippen LogP contribution >= 0.6 is 0 Å². The standard InChI is InChI=1S/C46H44N6O5/c1-48(36-14-4-2-5-15-36)45(54)43-39-18-10-11-19-41(39)52(47-43)42-28-33-20-21-50(46(55)57-38-16-6-3-7-17-38)29-35(33)27-40(42)44(53)51-30-34-13-9-8-12-32(34)26-37(51)31-49-22-24-56-25-23-49/h2-19,27-28,37H,20-26,29-31H2,1H3/t37-/m0/s1. The first-order valence-corrected chi connectivity index (χ1v) is 19.6. The van der Waals surface area contributed by atoms with Crippen molar-refractivity contribution in [1.82, 2.24) is 24.5 Å². The topological polar surface area (TPSA) is 100 Å². The van der Waals surface area contributed by atoms with Crippen molar-refractivity contribution in [3.8, 4) is 11.4 Å². The van der Waals surface area contributed by atoms with Gasteiger partial charge in [0.1, 0.15) is 5.75 Å². The Balaban J connectivity index is 1.14. The summed E-state index contributed by atoms with van der Waals surface area (Å²) >= 11 is 0. The van der Waals surface area contributed by atoms with E-state index in [2.05, 4.69) is 23.1 Å². The molecule has 3 aliphatic heterocycles. The van der Waals surface area contributed by atoms with E-state index < -0.39 is 6.09 Å². The van der Waals surface area contributed by atoms with E-state index in [0.717, 1.165) is 48.4 Å². The van der Waals surface area contributed by atoms with E-state index in [1.807, 2.05) is 95.9 Å². The molecule has 57 heavy (non-hydrogen) atoms. The third kappa shape index (κ3) is 7.27. The summed E-state index contributed by atoms with van der Waals surface area (Å²) in [6.07, 6.45) is 0.846. The molecule has 1 atom stereocenters. The van der Waals surface area contributed by atoms with Gasteiger partial charge in [0.2, 0.25) is 0 Å². The third-order valence-corrected chi connectivity index (χ3v) is 11.4. The van der Waals surface area contributed by atoms with Gasteiger partial charge in [-0.3, -0.25) is 14.5 Å². The molecule has 3 aliphatic rings. The number of ether oxygens (including phenoxy) is 2. The van der Waals surface area contributed by atoms with E-state index in [0.29, 0.717) is 66.3 Å². The number of morpholine rings is 1. The van der Waals surface area contributed by atoms with Gasteiger partial charge in [-0.25, -0.2) is 9.48 Å². The lowest BCUT2D eigenvalue weighted by atomic mass is 9.91. The Morgan fingerprint density at radius 1 is 0.772 bits per heavy atom. The highest BCUT2D eigenvalue weighted by Gasteiger charge is 2.35. The van der Waals surface area contributed by atoms with E-state index in [-0.39, 0.29) is 24.4 Å². The summed E-state index contributed by atoms with van der Waals surface area (Å²) in [5.41, 5.74) is 7.07. The molecule has 0 bridgehead atoms. The van der Waals surface area contributed by atoms with Gasteiger partial charge >= 0.3 is 6.09 Å². The van der Waals surface area contributed by atoms with Gasteiger partial charge in [-0.05, 0) is 77.6 Å². The number of nitrogens with zero attached hydrogens (tertiary/aromatic N) is 6. The number of aromatic nitrogens is 2. The summed E-state index contributed by atoms with van der Waals surface area (Å²) in [5.74, 6) is 0.0937. The molecule has 5 aromatic carbocycles. The predicted molar refractivity (Wildman–Crippen MR) is 218 cm³/mol. The molecule has 3 amide bonds. The zero-order valence-electron chi connectivity index (χ0n) is 31.9. The maximum atomic E-state index is 15.4. The number of carbonyl (C=O) groups is 3. The fraction of sp³-hybridized carbons (Fsp3) is 0.261. The fourth-order valence-electron chi connectivity index (χ4n) is 8.31. The number of benzene rings is 5. The number of amides is 3. The molecule has 1 aromatic heterocycles. The number of hydrogen-bond donors (Lipinski definition) is 0. The molecule has 0 aliphatic carbocycles. The summed E-state index contributed by atoms with van der Waals surface area (Å²) in [5, 5.41) is 5.72. The quantitative estimate of drug-likeness (QED) is 0.177. The van der Waals surface area contributed by atoms with Crippen LogP contribution in [0.5, 0.6) is 5.75 Å². The van der Waals surface area contributed by atoms with Gasteiger partial charge in [-0.15, -0.1) is 0 Å². The highest BCUT2D eigenvalue weighted by atomic mass is 16.6. The van der Waals surface area contributed by atoms with Gasteiger partial charge in [0.25, 0.3) is 11.8 Å². The first-order valence-electron chi connectivity index (χ1n) is 19.6. The Kier molecular flexibility index (Phi) is 10.00. The smallest absolute Gasteiger partial charge is 0.410 e.